The third-order valence-corrected chi connectivity index (χ3v) is 2.63. The molecule has 0 aliphatic carbocycles. The summed E-state index contributed by atoms with van der Waals surface area (Å²) in [4.78, 5) is 4.32. The van der Waals surface area contributed by atoms with Crippen LogP contribution < -0.4 is 0 Å². The van der Waals surface area contributed by atoms with Gasteiger partial charge in [0.1, 0.15) is 6.61 Å². The minimum atomic E-state index is 0.391. The highest BCUT2D eigenvalue weighted by atomic mass is 16.5. The SMILES string of the molecule is CC(C/C=C/c1ccccc1)C1=NCCO1. The summed E-state index contributed by atoms with van der Waals surface area (Å²) in [5.41, 5.74) is 1.24. The molecule has 1 unspecified atom stereocenters. The first kappa shape index (κ1) is 10.9. The fraction of sp³-hybridized carbons (Fsp3) is 0.357. The topological polar surface area (TPSA) is 21.6 Å². The smallest absolute Gasteiger partial charge is 0.186 e. The maximum atomic E-state index is 5.43. The second kappa shape index (κ2) is 5.50. The van der Waals surface area contributed by atoms with E-state index in [4.69, 9.17) is 4.74 Å². The zero-order valence-corrected chi connectivity index (χ0v) is 9.60. The summed E-state index contributed by atoms with van der Waals surface area (Å²) in [6.45, 7) is 3.73. The molecule has 0 aromatic heterocycles. The molecule has 16 heavy (non-hydrogen) atoms. The van der Waals surface area contributed by atoms with Crippen molar-refractivity contribution in [3.8, 4) is 0 Å². The summed E-state index contributed by atoms with van der Waals surface area (Å²) in [6.07, 6.45) is 5.31. The highest BCUT2D eigenvalue weighted by Crippen LogP contribution is 2.12. The molecular weight excluding hydrogens is 198 g/mol. The zero-order valence-electron chi connectivity index (χ0n) is 9.60. The van der Waals surface area contributed by atoms with E-state index in [0.29, 0.717) is 5.92 Å². The standard InChI is InChI=1S/C14H17NO/c1-12(14-15-10-11-16-14)6-5-9-13-7-3-2-4-8-13/h2-5,7-9,12H,6,10-11H2,1H3/b9-5+. The van der Waals surface area contributed by atoms with Crippen LogP contribution in [0.2, 0.25) is 0 Å². The van der Waals surface area contributed by atoms with Gasteiger partial charge in [-0.2, -0.15) is 0 Å². The average Bonchev–Trinajstić information content (AvgIpc) is 2.84. The van der Waals surface area contributed by atoms with E-state index in [-0.39, 0.29) is 0 Å². The van der Waals surface area contributed by atoms with Crippen LogP contribution in [0.25, 0.3) is 6.08 Å². The van der Waals surface area contributed by atoms with Crippen LogP contribution in [0.5, 0.6) is 0 Å². The lowest BCUT2D eigenvalue weighted by molar-refractivity contribution is 0.325. The third kappa shape index (κ3) is 2.96. The molecule has 1 aromatic carbocycles. The molecule has 0 saturated carbocycles. The molecule has 1 aliphatic heterocycles. The van der Waals surface area contributed by atoms with Gasteiger partial charge in [0.25, 0.3) is 0 Å². The van der Waals surface area contributed by atoms with E-state index < -0.39 is 0 Å². The first-order valence-corrected chi connectivity index (χ1v) is 5.75. The van der Waals surface area contributed by atoms with Crippen LogP contribution in [0.15, 0.2) is 41.4 Å². The third-order valence-electron chi connectivity index (χ3n) is 2.63. The van der Waals surface area contributed by atoms with Crippen molar-refractivity contribution in [1.82, 2.24) is 0 Å². The Kier molecular flexibility index (Phi) is 3.76. The monoisotopic (exact) mass is 215 g/mol. The van der Waals surface area contributed by atoms with Crippen LogP contribution in [-0.2, 0) is 4.74 Å². The molecule has 1 heterocycles. The molecular formula is C14H17NO. The number of ether oxygens (including phenoxy) is 1. The molecule has 2 heteroatoms. The fourth-order valence-electron chi connectivity index (χ4n) is 1.72. The Morgan fingerprint density at radius 2 is 2.19 bits per heavy atom. The van der Waals surface area contributed by atoms with Crippen molar-refractivity contribution in [2.75, 3.05) is 13.2 Å². The van der Waals surface area contributed by atoms with E-state index in [9.17, 15) is 0 Å². The van der Waals surface area contributed by atoms with Crippen molar-refractivity contribution in [2.45, 2.75) is 13.3 Å². The van der Waals surface area contributed by atoms with Gasteiger partial charge in [0.05, 0.1) is 6.54 Å². The Balaban J connectivity index is 1.85. The summed E-state index contributed by atoms with van der Waals surface area (Å²) in [5.74, 6) is 1.31. The molecule has 0 fully saturated rings. The summed E-state index contributed by atoms with van der Waals surface area (Å²) in [7, 11) is 0. The van der Waals surface area contributed by atoms with Crippen LogP contribution in [-0.4, -0.2) is 19.0 Å². The van der Waals surface area contributed by atoms with Crippen molar-refractivity contribution in [3.05, 3.63) is 42.0 Å². The number of rotatable bonds is 4. The summed E-state index contributed by atoms with van der Waals surface area (Å²) in [6, 6.07) is 10.3. The van der Waals surface area contributed by atoms with Gasteiger partial charge in [0.15, 0.2) is 5.90 Å². The van der Waals surface area contributed by atoms with Crippen molar-refractivity contribution in [2.24, 2.45) is 10.9 Å². The number of allylic oxidation sites excluding steroid dienone is 1. The van der Waals surface area contributed by atoms with Crippen molar-refractivity contribution >= 4 is 12.0 Å². The predicted octanol–water partition coefficient (Wildman–Crippen LogP) is 3.15. The number of aliphatic imine (C=N–C) groups is 1. The molecule has 2 rings (SSSR count). The molecule has 2 nitrogen and oxygen atoms in total. The zero-order chi connectivity index (χ0) is 11.2. The van der Waals surface area contributed by atoms with Gasteiger partial charge in [-0.25, -0.2) is 0 Å². The van der Waals surface area contributed by atoms with Crippen molar-refractivity contribution < 1.29 is 4.74 Å². The van der Waals surface area contributed by atoms with Gasteiger partial charge >= 0.3 is 0 Å². The average molecular weight is 215 g/mol. The van der Waals surface area contributed by atoms with Crippen LogP contribution in [0.1, 0.15) is 18.9 Å². The van der Waals surface area contributed by atoms with Gasteiger partial charge in [0.2, 0.25) is 0 Å². The van der Waals surface area contributed by atoms with Crippen LogP contribution >= 0.6 is 0 Å². The minimum Gasteiger partial charge on any atom is -0.479 e. The van der Waals surface area contributed by atoms with Crippen LogP contribution in [0, 0.1) is 5.92 Å². The van der Waals surface area contributed by atoms with Crippen LogP contribution in [0.3, 0.4) is 0 Å². The van der Waals surface area contributed by atoms with Gasteiger partial charge in [-0.1, -0.05) is 49.4 Å². The summed E-state index contributed by atoms with van der Waals surface area (Å²) in [5, 5.41) is 0. The quantitative estimate of drug-likeness (QED) is 0.756. The first-order valence-electron chi connectivity index (χ1n) is 5.75. The molecule has 0 radical (unpaired) electrons. The van der Waals surface area contributed by atoms with Gasteiger partial charge in [-0.05, 0) is 12.0 Å². The first-order chi connectivity index (χ1) is 7.86. The van der Waals surface area contributed by atoms with Crippen LogP contribution in [0.4, 0.5) is 0 Å². The molecule has 0 bridgehead atoms. The second-order valence-corrected chi connectivity index (χ2v) is 4.02. The Hall–Kier alpha value is -1.57. The fourth-order valence-corrected chi connectivity index (χ4v) is 1.72. The van der Waals surface area contributed by atoms with E-state index in [2.05, 4.69) is 36.2 Å². The maximum Gasteiger partial charge on any atom is 0.186 e. The van der Waals surface area contributed by atoms with Crippen molar-refractivity contribution in [3.63, 3.8) is 0 Å². The van der Waals surface area contributed by atoms with Gasteiger partial charge in [-0.15, -0.1) is 0 Å². The van der Waals surface area contributed by atoms with E-state index in [1.54, 1.807) is 0 Å². The number of nitrogens with zero attached hydrogens (tertiary/aromatic N) is 1. The number of hydrogen-bond donors (Lipinski definition) is 0. The largest absolute Gasteiger partial charge is 0.479 e. The highest BCUT2D eigenvalue weighted by molar-refractivity contribution is 5.79. The summed E-state index contributed by atoms with van der Waals surface area (Å²) < 4.78 is 5.43. The van der Waals surface area contributed by atoms with E-state index in [1.165, 1.54) is 5.56 Å². The molecule has 0 amide bonds. The Morgan fingerprint density at radius 1 is 1.38 bits per heavy atom. The lowest BCUT2D eigenvalue weighted by Crippen LogP contribution is -2.10. The Bertz CT molecular complexity index is 381. The number of hydrogen-bond acceptors (Lipinski definition) is 2. The van der Waals surface area contributed by atoms with Gasteiger partial charge in [0, 0.05) is 5.92 Å². The van der Waals surface area contributed by atoms with Gasteiger partial charge in [-0.3, -0.25) is 4.99 Å². The highest BCUT2D eigenvalue weighted by Gasteiger charge is 2.14. The Morgan fingerprint density at radius 3 is 2.88 bits per heavy atom. The lowest BCUT2D eigenvalue weighted by Gasteiger charge is -2.07. The summed E-state index contributed by atoms with van der Waals surface area (Å²) >= 11 is 0. The predicted molar refractivity (Wildman–Crippen MR) is 67.5 cm³/mol. The van der Waals surface area contributed by atoms with E-state index >= 15 is 0 Å². The normalized spacial score (nSPS) is 17.2. The molecule has 0 spiro atoms. The second-order valence-electron chi connectivity index (χ2n) is 4.02. The Labute approximate surface area is 96.7 Å². The van der Waals surface area contributed by atoms with E-state index in [0.717, 1.165) is 25.5 Å². The van der Waals surface area contributed by atoms with E-state index in [1.807, 2.05) is 18.2 Å². The van der Waals surface area contributed by atoms with Gasteiger partial charge < -0.3 is 4.74 Å². The maximum absolute atomic E-state index is 5.43. The molecule has 1 aromatic rings. The molecule has 1 aliphatic rings. The molecule has 1 atom stereocenters. The molecule has 0 N–H and O–H groups in total. The number of benzene rings is 1. The molecule has 0 saturated heterocycles. The molecule has 84 valence electrons. The lowest BCUT2D eigenvalue weighted by atomic mass is 10.1. The van der Waals surface area contributed by atoms with Crippen molar-refractivity contribution in [1.29, 1.82) is 0 Å². The minimum absolute atomic E-state index is 0.391.